The maximum absolute atomic E-state index is 12.3. The number of rotatable bonds is 5. The number of nitrogens with one attached hydrogen (secondary N) is 1. The molecular weight excluding hydrogens is 306 g/mol. The summed E-state index contributed by atoms with van der Waals surface area (Å²) in [4.78, 5) is 12.3. The molecule has 0 spiro atoms. The zero-order valence-electron chi connectivity index (χ0n) is 13.4. The molecule has 1 aromatic heterocycles. The first-order chi connectivity index (χ1) is 11.7. The summed E-state index contributed by atoms with van der Waals surface area (Å²) in [7, 11) is 1.61. The van der Waals surface area contributed by atoms with Crippen LogP contribution in [0.25, 0.3) is 5.69 Å². The Morgan fingerprint density at radius 2 is 1.92 bits per heavy atom. The normalized spacial score (nSPS) is 10.4. The highest BCUT2D eigenvalue weighted by Gasteiger charge is 2.09. The first-order valence-corrected chi connectivity index (χ1v) is 7.44. The molecule has 0 radical (unpaired) electrons. The second-order valence-electron chi connectivity index (χ2n) is 5.18. The number of aromatic nitrogens is 4. The fourth-order valence-electron chi connectivity index (χ4n) is 2.35. The van der Waals surface area contributed by atoms with Crippen LogP contribution in [0.15, 0.2) is 48.5 Å². The van der Waals surface area contributed by atoms with Crippen molar-refractivity contribution in [2.24, 2.45) is 0 Å². The topological polar surface area (TPSA) is 81.9 Å². The van der Waals surface area contributed by atoms with E-state index in [0.29, 0.717) is 17.9 Å². The third-order valence-corrected chi connectivity index (χ3v) is 3.63. The predicted octanol–water partition coefficient (Wildman–Crippen LogP) is 1.91. The van der Waals surface area contributed by atoms with Gasteiger partial charge in [0.25, 0.3) is 5.91 Å². The Labute approximate surface area is 139 Å². The molecule has 0 fully saturated rings. The van der Waals surface area contributed by atoms with Crippen molar-refractivity contribution in [1.82, 2.24) is 25.5 Å². The van der Waals surface area contributed by atoms with E-state index in [0.717, 1.165) is 17.0 Å². The number of carbonyl (C=O) groups excluding carboxylic acids is 1. The van der Waals surface area contributed by atoms with E-state index >= 15 is 0 Å². The predicted molar refractivity (Wildman–Crippen MR) is 88.1 cm³/mol. The molecule has 0 aliphatic rings. The molecule has 2 aromatic carbocycles. The Morgan fingerprint density at radius 1 is 1.17 bits per heavy atom. The third kappa shape index (κ3) is 3.24. The summed E-state index contributed by atoms with van der Waals surface area (Å²) in [6.45, 7) is 2.21. The summed E-state index contributed by atoms with van der Waals surface area (Å²) < 4.78 is 6.89. The largest absolute Gasteiger partial charge is 0.496 e. The van der Waals surface area contributed by atoms with E-state index in [1.807, 2.05) is 31.2 Å². The molecule has 7 nitrogen and oxygen atoms in total. The van der Waals surface area contributed by atoms with Gasteiger partial charge in [-0.1, -0.05) is 18.2 Å². The van der Waals surface area contributed by atoms with Crippen molar-refractivity contribution >= 4 is 5.91 Å². The van der Waals surface area contributed by atoms with Gasteiger partial charge in [0, 0.05) is 17.7 Å². The van der Waals surface area contributed by atoms with Crippen molar-refractivity contribution in [3.63, 3.8) is 0 Å². The van der Waals surface area contributed by atoms with E-state index in [4.69, 9.17) is 4.74 Å². The molecule has 1 heterocycles. The third-order valence-electron chi connectivity index (χ3n) is 3.63. The van der Waals surface area contributed by atoms with E-state index in [1.54, 1.807) is 36.1 Å². The molecule has 0 saturated carbocycles. The van der Waals surface area contributed by atoms with Crippen LogP contribution in [0.5, 0.6) is 5.75 Å². The average Bonchev–Trinajstić information content (AvgIpc) is 3.06. The van der Waals surface area contributed by atoms with Gasteiger partial charge in [-0.15, -0.1) is 5.10 Å². The molecule has 7 heteroatoms. The van der Waals surface area contributed by atoms with Crippen LogP contribution in [-0.4, -0.2) is 33.2 Å². The highest BCUT2D eigenvalue weighted by Crippen LogP contribution is 2.17. The Balaban J connectivity index is 1.68. The quantitative estimate of drug-likeness (QED) is 0.775. The number of carbonyl (C=O) groups is 1. The second kappa shape index (κ2) is 6.91. The lowest BCUT2D eigenvalue weighted by Gasteiger charge is -2.10. The Kier molecular flexibility index (Phi) is 4.51. The van der Waals surface area contributed by atoms with Gasteiger partial charge >= 0.3 is 0 Å². The van der Waals surface area contributed by atoms with Crippen LogP contribution < -0.4 is 10.1 Å². The Bertz CT molecular complexity index is 842. The van der Waals surface area contributed by atoms with Crippen molar-refractivity contribution in [1.29, 1.82) is 0 Å². The zero-order chi connectivity index (χ0) is 16.9. The minimum Gasteiger partial charge on any atom is -0.496 e. The van der Waals surface area contributed by atoms with Gasteiger partial charge in [0.2, 0.25) is 0 Å². The first kappa shape index (κ1) is 15.7. The van der Waals surface area contributed by atoms with E-state index in [2.05, 4.69) is 20.8 Å². The number of methoxy groups -OCH3 is 1. The molecule has 0 unspecified atom stereocenters. The first-order valence-electron chi connectivity index (χ1n) is 7.44. The number of ether oxygens (including phenoxy) is 1. The minimum atomic E-state index is -0.152. The SMILES string of the molecule is COc1ccccc1CNC(=O)c1ccc(-n2nnnc2C)cc1. The van der Waals surface area contributed by atoms with Crippen molar-refractivity contribution in [3.8, 4) is 11.4 Å². The van der Waals surface area contributed by atoms with Gasteiger partial charge < -0.3 is 10.1 Å². The number of hydrogen-bond acceptors (Lipinski definition) is 5. The molecule has 122 valence electrons. The summed E-state index contributed by atoms with van der Waals surface area (Å²) in [6.07, 6.45) is 0. The molecule has 0 aliphatic carbocycles. The number of aryl methyl sites for hydroxylation is 1. The molecule has 0 bridgehead atoms. The van der Waals surface area contributed by atoms with Crippen molar-refractivity contribution < 1.29 is 9.53 Å². The molecule has 24 heavy (non-hydrogen) atoms. The minimum absolute atomic E-state index is 0.152. The fourth-order valence-corrected chi connectivity index (χ4v) is 2.35. The van der Waals surface area contributed by atoms with Crippen molar-refractivity contribution in [2.75, 3.05) is 7.11 Å². The van der Waals surface area contributed by atoms with Gasteiger partial charge in [0.05, 0.1) is 12.8 Å². The highest BCUT2D eigenvalue weighted by atomic mass is 16.5. The number of para-hydroxylation sites is 1. The number of benzene rings is 2. The summed E-state index contributed by atoms with van der Waals surface area (Å²) in [6, 6.07) is 14.7. The molecule has 1 N–H and O–H groups in total. The Hall–Kier alpha value is -3.22. The molecular formula is C17H17N5O2. The van der Waals surface area contributed by atoms with Crippen LogP contribution in [0.4, 0.5) is 0 Å². The molecule has 0 atom stereocenters. The molecule has 3 aromatic rings. The molecule has 3 rings (SSSR count). The lowest BCUT2D eigenvalue weighted by atomic mass is 10.1. The van der Waals surface area contributed by atoms with Gasteiger partial charge in [-0.25, -0.2) is 0 Å². The second-order valence-corrected chi connectivity index (χ2v) is 5.18. The average molecular weight is 323 g/mol. The number of hydrogen-bond donors (Lipinski definition) is 1. The number of tetrazole rings is 1. The summed E-state index contributed by atoms with van der Waals surface area (Å²) in [5.41, 5.74) is 2.30. The molecule has 1 amide bonds. The van der Waals surface area contributed by atoms with Crippen LogP contribution >= 0.6 is 0 Å². The lowest BCUT2D eigenvalue weighted by Crippen LogP contribution is -2.23. The van der Waals surface area contributed by atoms with Gasteiger partial charge in [0.1, 0.15) is 5.75 Å². The summed E-state index contributed by atoms with van der Waals surface area (Å²) in [5.74, 6) is 1.28. The van der Waals surface area contributed by atoms with Gasteiger partial charge in [-0.05, 0) is 47.7 Å². The van der Waals surface area contributed by atoms with Crippen molar-refractivity contribution in [2.45, 2.75) is 13.5 Å². The molecule has 0 saturated heterocycles. The van der Waals surface area contributed by atoms with Crippen LogP contribution in [0, 0.1) is 6.92 Å². The lowest BCUT2D eigenvalue weighted by molar-refractivity contribution is 0.0950. The fraction of sp³-hybridized carbons (Fsp3) is 0.176. The smallest absolute Gasteiger partial charge is 0.251 e. The van der Waals surface area contributed by atoms with E-state index in [-0.39, 0.29) is 5.91 Å². The van der Waals surface area contributed by atoms with Crippen LogP contribution in [0.2, 0.25) is 0 Å². The van der Waals surface area contributed by atoms with E-state index in [9.17, 15) is 4.79 Å². The van der Waals surface area contributed by atoms with Gasteiger partial charge in [-0.2, -0.15) is 4.68 Å². The van der Waals surface area contributed by atoms with E-state index in [1.165, 1.54) is 0 Å². The number of nitrogens with zero attached hydrogens (tertiary/aromatic N) is 4. The van der Waals surface area contributed by atoms with Crippen LogP contribution in [0.1, 0.15) is 21.7 Å². The summed E-state index contributed by atoms with van der Waals surface area (Å²) in [5, 5.41) is 14.2. The summed E-state index contributed by atoms with van der Waals surface area (Å²) >= 11 is 0. The van der Waals surface area contributed by atoms with E-state index < -0.39 is 0 Å². The number of amides is 1. The highest BCUT2D eigenvalue weighted by molar-refractivity contribution is 5.94. The zero-order valence-corrected chi connectivity index (χ0v) is 13.4. The van der Waals surface area contributed by atoms with Gasteiger partial charge in [0.15, 0.2) is 5.82 Å². The van der Waals surface area contributed by atoms with Crippen LogP contribution in [-0.2, 0) is 6.54 Å². The van der Waals surface area contributed by atoms with Gasteiger partial charge in [-0.3, -0.25) is 4.79 Å². The standard InChI is InChI=1S/C17H17N5O2/c1-12-19-20-21-22(12)15-9-7-13(8-10-15)17(23)18-11-14-5-3-4-6-16(14)24-2/h3-10H,11H2,1-2H3,(H,18,23). The van der Waals surface area contributed by atoms with Crippen molar-refractivity contribution in [3.05, 3.63) is 65.5 Å². The molecule has 0 aliphatic heterocycles. The monoisotopic (exact) mass is 323 g/mol. The maximum atomic E-state index is 12.3. The maximum Gasteiger partial charge on any atom is 0.251 e. The Morgan fingerprint density at radius 3 is 2.58 bits per heavy atom. The van der Waals surface area contributed by atoms with Crippen LogP contribution in [0.3, 0.4) is 0 Å².